The van der Waals surface area contributed by atoms with Crippen LogP contribution in [0.15, 0.2) is 24.4 Å². The van der Waals surface area contributed by atoms with Crippen LogP contribution in [0.5, 0.6) is 5.75 Å². The maximum atomic E-state index is 13.6. The van der Waals surface area contributed by atoms with Crippen molar-refractivity contribution in [3.05, 3.63) is 35.9 Å². The molecule has 1 heterocycles. The molecule has 5 nitrogen and oxygen atoms in total. The number of methoxy groups -OCH3 is 1. The van der Waals surface area contributed by atoms with E-state index in [1.54, 1.807) is 25.3 Å². The first-order chi connectivity index (χ1) is 8.11. The van der Waals surface area contributed by atoms with Gasteiger partial charge in [-0.1, -0.05) is 5.21 Å². The number of aromatic nitrogens is 3. The molecule has 17 heavy (non-hydrogen) atoms. The molecule has 1 unspecified atom stereocenters. The summed E-state index contributed by atoms with van der Waals surface area (Å²) in [5.74, 6) is 0.158. The molecule has 0 amide bonds. The standard InChI is InChI=1S/C11H13FN4O/c1-7(13)10-6-16(15-14-10)11-5-8(17-2)3-4-9(11)12/h3-7H,13H2,1-2H3. The molecule has 2 rings (SSSR count). The van der Waals surface area contributed by atoms with Crippen LogP contribution >= 0.6 is 0 Å². The van der Waals surface area contributed by atoms with Crippen LogP contribution in [-0.4, -0.2) is 22.1 Å². The molecule has 2 aromatic rings. The Kier molecular flexibility index (Phi) is 3.06. The van der Waals surface area contributed by atoms with Gasteiger partial charge in [0, 0.05) is 12.1 Å². The number of benzene rings is 1. The maximum absolute atomic E-state index is 13.6. The number of hydrogen-bond donors (Lipinski definition) is 1. The Balaban J connectivity index is 2.44. The van der Waals surface area contributed by atoms with Crippen molar-refractivity contribution < 1.29 is 9.13 Å². The fraction of sp³-hybridized carbons (Fsp3) is 0.273. The highest BCUT2D eigenvalue weighted by Crippen LogP contribution is 2.20. The van der Waals surface area contributed by atoms with E-state index in [-0.39, 0.29) is 11.7 Å². The third kappa shape index (κ3) is 2.26. The second-order valence-corrected chi connectivity index (χ2v) is 3.69. The number of halogens is 1. The summed E-state index contributed by atoms with van der Waals surface area (Å²) in [6.45, 7) is 1.79. The van der Waals surface area contributed by atoms with Crippen LogP contribution in [-0.2, 0) is 0 Å². The van der Waals surface area contributed by atoms with Crippen molar-refractivity contribution in [3.63, 3.8) is 0 Å². The van der Waals surface area contributed by atoms with E-state index in [2.05, 4.69) is 10.3 Å². The summed E-state index contributed by atoms with van der Waals surface area (Å²) < 4.78 is 20.0. The van der Waals surface area contributed by atoms with Crippen molar-refractivity contribution in [1.82, 2.24) is 15.0 Å². The van der Waals surface area contributed by atoms with Crippen molar-refractivity contribution >= 4 is 0 Å². The normalized spacial score (nSPS) is 12.5. The SMILES string of the molecule is COc1ccc(F)c(-n2cc(C(C)N)nn2)c1. The molecule has 0 fully saturated rings. The third-order valence-corrected chi connectivity index (χ3v) is 2.38. The fourth-order valence-corrected chi connectivity index (χ4v) is 1.40. The Hall–Kier alpha value is -1.95. The average Bonchev–Trinajstić information content (AvgIpc) is 2.79. The zero-order valence-electron chi connectivity index (χ0n) is 9.59. The Morgan fingerprint density at radius 1 is 1.47 bits per heavy atom. The lowest BCUT2D eigenvalue weighted by molar-refractivity contribution is 0.413. The van der Waals surface area contributed by atoms with E-state index in [1.165, 1.54) is 17.9 Å². The van der Waals surface area contributed by atoms with Gasteiger partial charge >= 0.3 is 0 Å². The van der Waals surface area contributed by atoms with E-state index >= 15 is 0 Å². The van der Waals surface area contributed by atoms with E-state index in [0.29, 0.717) is 11.4 Å². The predicted molar refractivity (Wildman–Crippen MR) is 60.5 cm³/mol. The van der Waals surface area contributed by atoms with Crippen molar-refractivity contribution in [3.8, 4) is 11.4 Å². The van der Waals surface area contributed by atoms with E-state index in [1.807, 2.05) is 0 Å². The maximum Gasteiger partial charge on any atom is 0.149 e. The number of nitrogens with zero attached hydrogens (tertiary/aromatic N) is 3. The molecule has 0 spiro atoms. The summed E-state index contributed by atoms with van der Waals surface area (Å²) >= 11 is 0. The number of nitrogens with two attached hydrogens (primary N) is 1. The van der Waals surface area contributed by atoms with Gasteiger partial charge in [0.25, 0.3) is 0 Å². The number of rotatable bonds is 3. The molecule has 90 valence electrons. The first kappa shape index (κ1) is 11.5. The quantitative estimate of drug-likeness (QED) is 0.875. The lowest BCUT2D eigenvalue weighted by Crippen LogP contribution is -2.05. The minimum absolute atomic E-state index is 0.239. The smallest absolute Gasteiger partial charge is 0.149 e. The lowest BCUT2D eigenvalue weighted by atomic mass is 10.2. The fourth-order valence-electron chi connectivity index (χ4n) is 1.40. The minimum atomic E-state index is -0.396. The van der Waals surface area contributed by atoms with Crippen LogP contribution < -0.4 is 10.5 Å². The molecule has 1 atom stereocenters. The van der Waals surface area contributed by atoms with Crippen LogP contribution in [0, 0.1) is 5.82 Å². The zero-order valence-corrected chi connectivity index (χ0v) is 9.59. The van der Waals surface area contributed by atoms with Gasteiger partial charge in [0.05, 0.1) is 19.0 Å². The Morgan fingerprint density at radius 2 is 2.24 bits per heavy atom. The summed E-state index contributed by atoms with van der Waals surface area (Å²) in [6.07, 6.45) is 1.60. The largest absolute Gasteiger partial charge is 0.497 e. The average molecular weight is 236 g/mol. The Bertz CT molecular complexity index is 524. The molecule has 0 bridgehead atoms. The summed E-state index contributed by atoms with van der Waals surface area (Å²) in [5, 5.41) is 7.70. The second-order valence-electron chi connectivity index (χ2n) is 3.69. The summed E-state index contributed by atoms with van der Waals surface area (Å²) in [7, 11) is 1.52. The van der Waals surface area contributed by atoms with Gasteiger partial charge < -0.3 is 10.5 Å². The highest BCUT2D eigenvalue weighted by Gasteiger charge is 2.10. The molecule has 0 saturated carbocycles. The highest BCUT2D eigenvalue weighted by molar-refractivity contribution is 5.40. The van der Waals surface area contributed by atoms with Gasteiger partial charge in [0.15, 0.2) is 0 Å². The monoisotopic (exact) mass is 236 g/mol. The molecule has 0 aliphatic rings. The van der Waals surface area contributed by atoms with Gasteiger partial charge in [0.1, 0.15) is 17.3 Å². The van der Waals surface area contributed by atoms with Gasteiger partial charge in [-0.05, 0) is 19.1 Å². The Labute approximate surface area is 98.0 Å². The van der Waals surface area contributed by atoms with Gasteiger partial charge in [-0.3, -0.25) is 0 Å². The highest BCUT2D eigenvalue weighted by atomic mass is 19.1. The van der Waals surface area contributed by atoms with Crippen molar-refractivity contribution in [2.24, 2.45) is 5.73 Å². The molecule has 0 aliphatic carbocycles. The van der Waals surface area contributed by atoms with Crippen molar-refractivity contribution in [1.29, 1.82) is 0 Å². The first-order valence-electron chi connectivity index (χ1n) is 5.13. The van der Waals surface area contributed by atoms with E-state index in [9.17, 15) is 4.39 Å². The number of ether oxygens (including phenoxy) is 1. The topological polar surface area (TPSA) is 66.0 Å². The van der Waals surface area contributed by atoms with Gasteiger partial charge in [0.2, 0.25) is 0 Å². The summed E-state index contributed by atoms with van der Waals surface area (Å²) in [4.78, 5) is 0. The van der Waals surface area contributed by atoms with Crippen LogP contribution in [0.1, 0.15) is 18.7 Å². The van der Waals surface area contributed by atoms with Gasteiger partial charge in [-0.2, -0.15) is 0 Å². The number of hydrogen-bond acceptors (Lipinski definition) is 4. The van der Waals surface area contributed by atoms with Crippen molar-refractivity contribution in [2.45, 2.75) is 13.0 Å². The molecule has 2 N–H and O–H groups in total. The summed E-state index contributed by atoms with van der Waals surface area (Å²) in [5.41, 5.74) is 6.55. The molecule has 1 aromatic heterocycles. The third-order valence-electron chi connectivity index (χ3n) is 2.38. The van der Waals surface area contributed by atoms with Crippen molar-refractivity contribution in [2.75, 3.05) is 7.11 Å². The minimum Gasteiger partial charge on any atom is -0.497 e. The molecular formula is C11H13FN4O. The summed E-state index contributed by atoms with van der Waals surface area (Å²) in [6, 6.07) is 4.18. The van der Waals surface area contributed by atoms with Crippen LogP contribution in [0.4, 0.5) is 4.39 Å². The predicted octanol–water partition coefficient (Wildman–Crippen LogP) is 1.43. The van der Waals surface area contributed by atoms with Crippen LogP contribution in [0.2, 0.25) is 0 Å². The first-order valence-corrected chi connectivity index (χ1v) is 5.13. The van der Waals surface area contributed by atoms with Gasteiger partial charge in [-0.15, -0.1) is 5.10 Å². The molecular weight excluding hydrogens is 223 g/mol. The van der Waals surface area contributed by atoms with Crippen LogP contribution in [0.25, 0.3) is 5.69 Å². The van der Waals surface area contributed by atoms with Crippen LogP contribution in [0.3, 0.4) is 0 Å². The van der Waals surface area contributed by atoms with E-state index < -0.39 is 5.82 Å². The molecule has 6 heteroatoms. The van der Waals surface area contributed by atoms with E-state index in [4.69, 9.17) is 10.5 Å². The van der Waals surface area contributed by atoms with E-state index in [0.717, 1.165) is 0 Å². The zero-order chi connectivity index (χ0) is 12.4. The van der Waals surface area contributed by atoms with Gasteiger partial charge in [-0.25, -0.2) is 9.07 Å². The molecule has 1 aromatic carbocycles. The molecule has 0 saturated heterocycles. The molecule has 0 aliphatic heterocycles. The molecule has 0 radical (unpaired) electrons. The Morgan fingerprint density at radius 3 is 2.82 bits per heavy atom. The lowest BCUT2D eigenvalue weighted by Gasteiger charge is -2.05. The second kappa shape index (κ2) is 4.50.